The molecular weight excluding hydrogens is 302 g/mol. The molecule has 1 amide bonds. The van der Waals surface area contributed by atoms with Crippen molar-refractivity contribution in [2.24, 2.45) is 11.8 Å². The molecule has 0 saturated carbocycles. The van der Waals surface area contributed by atoms with Gasteiger partial charge in [-0.05, 0) is 50.9 Å². The molecule has 2 heterocycles. The number of para-hydroxylation sites is 2. The van der Waals surface area contributed by atoms with Gasteiger partial charge in [-0.2, -0.15) is 0 Å². The summed E-state index contributed by atoms with van der Waals surface area (Å²) in [5.74, 6) is 1.56. The molecule has 1 saturated heterocycles. The highest BCUT2D eigenvalue weighted by Gasteiger charge is 2.26. The fraction of sp³-hybridized carbons (Fsp3) is 0.579. The molecule has 24 heavy (non-hydrogen) atoms. The monoisotopic (exact) mass is 329 g/mol. The molecule has 130 valence electrons. The van der Waals surface area contributed by atoms with Crippen LogP contribution in [0.1, 0.15) is 39.5 Å². The van der Waals surface area contributed by atoms with E-state index in [0.717, 1.165) is 42.9 Å². The second-order valence-electron chi connectivity index (χ2n) is 7.17. The molecule has 1 aliphatic heterocycles. The van der Waals surface area contributed by atoms with E-state index in [2.05, 4.69) is 36.0 Å². The summed E-state index contributed by atoms with van der Waals surface area (Å²) in [5, 5.41) is 3.14. The Bertz CT molecular complexity index is 654. The summed E-state index contributed by atoms with van der Waals surface area (Å²) in [6.45, 7) is 8.87. The molecule has 1 atom stereocenters. The quantitative estimate of drug-likeness (QED) is 0.915. The van der Waals surface area contributed by atoms with E-state index < -0.39 is 0 Å². The van der Waals surface area contributed by atoms with Gasteiger partial charge < -0.3 is 9.73 Å². The smallest absolute Gasteiger partial charge is 0.223 e. The number of rotatable bonds is 5. The lowest BCUT2D eigenvalue weighted by Gasteiger charge is -2.31. The maximum absolute atomic E-state index is 12.3. The van der Waals surface area contributed by atoms with Gasteiger partial charge in [0.2, 0.25) is 11.8 Å². The van der Waals surface area contributed by atoms with Gasteiger partial charge in [0.05, 0.1) is 6.54 Å². The predicted molar refractivity (Wildman–Crippen MR) is 94.5 cm³/mol. The van der Waals surface area contributed by atoms with Crippen LogP contribution in [0.5, 0.6) is 0 Å². The Kier molecular flexibility index (Phi) is 5.19. The summed E-state index contributed by atoms with van der Waals surface area (Å²) in [4.78, 5) is 19.2. The maximum Gasteiger partial charge on any atom is 0.223 e. The van der Waals surface area contributed by atoms with Gasteiger partial charge in [0, 0.05) is 12.0 Å². The third kappa shape index (κ3) is 3.96. The molecule has 5 nitrogen and oxygen atoms in total. The first kappa shape index (κ1) is 17.0. The summed E-state index contributed by atoms with van der Waals surface area (Å²) in [6.07, 6.45) is 1.80. The second-order valence-corrected chi connectivity index (χ2v) is 7.17. The zero-order valence-corrected chi connectivity index (χ0v) is 14.8. The highest BCUT2D eigenvalue weighted by molar-refractivity contribution is 5.79. The van der Waals surface area contributed by atoms with E-state index in [4.69, 9.17) is 4.42 Å². The number of fused-ring (bicyclic) bond motifs is 1. The second kappa shape index (κ2) is 7.34. The lowest BCUT2D eigenvalue weighted by atomic mass is 9.95. The van der Waals surface area contributed by atoms with Crippen LogP contribution in [-0.4, -0.2) is 34.9 Å². The summed E-state index contributed by atoms with van der Waals surface area (Å²) in [5.41, 5.74) is 1.74. The van der Waals surface area contributed by atoms with Gasteiger partial charge in [-0.1, -0.05) is 26.0 Å². The van der Waals surface area contributed by atoms with Crippen molar-refractivity contribution < 1.29 is 9.21 Å². The lowest BCUT2D eigenvalue weighted by molar-refractivity contribution is -0.127. The van der Waals surface area contributed by atoms with E-state index in [0.29, 0.717) is 12.5 Å². The van der Waals surface area contributed by atoms with Crippen LogP contribution in [0.4, 0.5) is 0 Å². The summed E-state index contributed by atoms with van der Waals surface area (Å²) in [6, 6.07) is 8.07. The van der Waals surface area contributed by atoms with Crippen LogP contribution < -0.4 is 5.32 Å². The fourth-order valence-electron chi connectivity index (χ4n) is 3.04. The molecule has 0 unspecified atom stereocenters. The van der Waals surface area contributed by atoms with Crippen molar-refractivity contribution in [3.63, 3.8) is 0 Å². The van der Waals surface area contributed by atoms with Crippen LogP contribution in [0.3, 0.4) is 0 Å². The van der Waals surface area contributed by atoms with E-state index in [1.807, 2.05) is 24.3 Å². The number of carbonyl (C=O) groups excluding carboxylic acids is 1. The van der Waals surface area contributed by atoms with Gasteiger partial charge in [0.15, 0.2) is 5.58 Å². The minimum absolute atomic E-state index is 0.131. The topological polar surface area (TPSA) is 58.4 Å². The number of nitrogens with zero attached hydrogens (tertiary/aromatic N) is 2. The molecule has 0 spiro atoms. The molecule has 1 aromatic carbocycles. The van der Waals surface area contributed by atoms with Crippen LogP contribution in [0, 0.1) is 11.8 Å². The molecule has 3 rings (SSSR count). The number of oxazole rings is 1. The number of hydrogen-bond donors (Lipinski definition) is 1. The van der Waals surface area contributed by atoms with E-state index >= 15 is 0 Å². The molecule has 1 N–H and O–H groups in total. The molecule has 1 aliphatic rings. The van der Waals surface area contributed by atoms with E-state index in [-0.39, 0.29) is 17.9 Å². The van der Waals surface area contributed by atoms with Gasteiger partial charge in [-0.3, -0.25) is 9.69 Å². The largest absolute Gasteiger partial charge is 0.439 e. The summed E-state index contributed by atoms with van der Waals surface area (Å²) in [7, 11) is 0. The van der Waals surface area contributed by atoms with Crippen LogP contribution in [-0.2, 0) is 11.3 Å². The third-order valence-corrected chi connectivity index (χ3v) is 5.03. The van der Waals surface area contributed by atoms with E-state index in [1.54, 1.807) is 0 Å². The molecule has 2 aromatic rings. The molecule has 0 radical (unpaired) electrons. The third-order valence-electron chi connectivity index (χ3n) is 5.03. The number of piperidine rings is 1. The van der Waals surface area contributed by atoms with Crippen LogP contribution >= 0.6 is 0 Å². The van der Waals surface area contributed by atoms with Gasteiger partial charge in [0.25, 0.3) is 0 Å². The van der Waals surface area contributed by atoms with Crippen molar-refractivity contribution in [2.75, 3.05) is 13.1 Å². The molecule has 0 aliphatic carbocycles. The summed E-state index contributed by atoms with van der Waals surface area (Å²) >= 11 is 0. The van der Waals surface area contributed by atoms with Crippen LogP contribution in [0.25, 0.3) is 11.1 Å². The Labute approximate surface area is 143 Å². The van der Waals surface area contributed by atoms with Crippen molar-refractivity contribution >= 4 is 17.0 Å². The molecule has 1 aromatic heterocycles. The highest BCUT2D eigenvalue weighted by atomic mass is 16.3. The Morgan fingerprint density at radius 1 is 1.29 bits per heavy atom. The lowest BCUT2D eigenvalue weighted by Crippen LogP contribution is -2.44. The fourth-order valence-corrected chi connectivity index (χ4v) is 3.04. The van der Waals surface area contributed by atoms with Gasteiger partial charge >= 0.3 is 0 Å². The highest BCUT2D eigenvalue weighted by Crippen LogP contribution is 2.21. The van der Waals surface area contributed by atoms with Crippen molar-refractivity contribution in [3.8, 4) is 0 Å². The van der Waals surface area contributed by atoms with Crippen molar-refractivity contribution in [1.82, 2.24) is 15.2 Å². The molecular formula is C19H27N3O2. The maximum atomic E-state index is 12.3. The van der Waals surface area contributed by atoms with Crippen LogP contribution in [0.15, 0.2) is 28.7 Å². The predicted octanol–water partition coefficient (Wildman–Crippen LogP) is 3.20. The number of benzene rings is 1. The zero-order chi connectivity index (χ0) is 17.1. The number of nitrogens with one attached hydrogen (secondary N) is 1. The van der Waals surface area contributed by atoms with E-state index in [9.17, 15) is 4.79 Å². The number of hydrogen-bond acceptors (Lipinski definition) is 4. The number of amides is 1. The van der Waals surface area contributed by atoms with Gasteiger partial charge in [0.1, 0.15) is 5.52 Å². The molecule has 0 bridgehead atoms. The number of carbonyl (C=O) groups is 1. The average Bonchev–Trinajstić information content (AvgIpc) is 2.97. The van der Waals surface area contributed by atoms with Crippen molar-refractivity contribution in [3.05, 3.63) is 30.2 Å². The van der Waals surface area contributed by atoms with Crippen LogP contribution in [0.2, 0.25) is 0 Å². The van der Waals surface area contributed by atoms with Gasteiger partial charge in [-0.25, -0.2) is 4.98 Å². The molecule has 5 heteroatoms. The Morgan fingerprint density at radius 3 is 2.67 bits per heavy atom. The average molecular weight is 329 g/mol. The SMILES string of the molecule is CC(C)[C@H](C)NC(=O)C1CCN(Cc2nc3ccccc3o2)CC1. The normalized spacial score (nSPS) is 18.2. The van der Waals surface area contributed by atoms with E-state index in [1.165, 1.54) is 0 Å². The minimum atomic E-state index is 0.131. The summed E-state index contributed by atoms with van der Waals surface area (Å²) < 4.78 is 5.79. The Morgan fingerprint density at radius 2 is 2.00 bits per heavy atom. The number of likely N-dealkylation sites (tertiary alicyclic amines) is 1. The first-order valence-corrected chi connectivity index (χ1v) is 8.90. The van der Waals surface area contributed by atoms with Crippen molar-refractivity contribution in [1.29, 1.82) is 0 Å². The standard InChI is InChI=1S/C19H27N3O2/c1-13(2)14(3)20-19(23)15-8-10-22(11-9-15)12-18-21-16-6-4-5-7-17(16)24-18/h4-7,13-15H,8-12H2,1-3H3,(H,20,23)/t14-/m0/s1. The first-order valence-electron chi connectivity index (χ1n) is 8.90. The number of aromatic nitrogens is 1. The Balaban J connectivity index is 1.50. The minimum Gasteiger partial charge on any atom is -0.439 e. The van der Waals surface area contributed by atoms with Crippen molar-refractivity contribution in [2.45, 2.75) is 46.2 Å². The first-order chi connectivity index (χ1) is 11.5. The van der Waals surface area contributed by atoms with Gasteiger partial charge in [-0.15, -0.1) is 0 Å². The Hall–Kier alpha value is -1.88. The molecule has 1 fully saturated rings. The zero-order valence-electron chi connectivity index (χ0n) is 14.8.